The maximum absolute atomic E-state index is 10.8. The highest BCUT2D eigenvalue weighted by atomic mass is 15.1. The van der Waals surface area contributed by atoms with Crippen molar-refractivity contribution in [2.75, 3.05) is 0 Å². The number of nitriles is 2. The third kappa shape index (κ3) is 4.33. The normalized spacial score (nSPS) is 11.6. The molecule has 0 fully saturated rings. The molecule has 0 bridgehead atoms. The summed E-state index contributed by atoms with van der Waals surface area (Å²) in [6, 6.07) is 65.9. The van der Waals surface area contributed by atoms with Gasteiger partial charge in [0.05, 0.1) is 67.4 Å². The molecule has 0 aliphatic carbocycles. The molecule has 0 saturated heterocycles. The van der Waals surface area contributed by atoms with Crippen molar-refractivity contribution in [2.45, 2.75) is 0 Å². The number of hydrogen-bond donors (Lipinski definition) is 0. The second-order valence-corrected chi connectivity index (χ2v) is 13.9. The van der Waals surface area contributed by atoms with Gasteiger partial charge in [0.1, 0.15) is 6.07 Å². The van der Waals surface area contributed by atoms with E-state index < -0.39 is 0 Å². The van der Waals surface area contributed by atoms with Gasteiger partial charge in [-0.25, -0.2) is 0 Å². The second-order valence-electron chi connectivity index (χ2n) is 13.9. The molecule has 0 N–H and O–H groups in total. The highest BCUT2D eigenvalue weighted by molar-refractivity contribution is 6.15. The summed E-state index contributed by atoms with van der Waals surface area (Å²) in [5.74, 6) is 0. The van der Waals surface area contributed by atoms with Gasteiger partial charge in [0.2, 0.25) is 0 Å². The largest absolute Gasteiger partial charge is 0.309 e. The molecular formula is C50H29N5. The SMILES string of the molecule is N#Cc1ccc(-c2ccccc2-n2c3ccccc3c3c(C#N)cccc32)cc1-n1c2ccccc2c2cccc(-n3c4ccccc4c4ccccc43)c21. The highest BCUT2D eigenvalue weighted by Crippen LogP contribution is 2.42. The number of para-hydroxylation sites is 6. The molecule has 3 aromatic heterocycles. The molecule has 0 radical (unpaired) electrons. The molecule has 0 aliphatic heterocycles. The lowest BCUT2D eigenvalue weighted by Gasteiger charge is -2.18. The van der Waals surface area contributed by atoms with Gasteiger partial charge in [-0.1, -0.05) is 115 Å². The molecule has 11 aromatic rings. The van der Waals surface area contributed by atoms with E-state index in [-0.39, 0.29) is 0 Å². The maximum Gasteiger partial charge on any atom is 0.101 e. The van der Waals surface area contributed by atoms with Crippen molar-refractivity contribution >= 4 is 65.4 Å². The highest BCUT2D eigenvalue weighted by Gasteiger charge is 2.23. The van der Waals surface area contributed by atoms with Gasteiger partial charge >= 0.3 is 0 Å². The van der Waals surface area contributed by atoms with Gasteiger partial charge in [-0.3, -0.25) is 0 Å². The molecule has 0 amide bonds. The van der Waals surface area contributed by atoms with Crippen molar-refractivity contribution in [3.63, 3.8) is 0 Å². The van der Waals surface area contributed by atoms with Crippen LogP contribution < -0.4 is 0 Å². The fourth-order valence-electron chi connectivity index (χ4n) is 8.88. The lowest BCUT2D eigenvalue weighted by molar-refractivity contribution is 1.12. The Morgan fingerprint density at radius 3 is 1.53 bits per heavy atom. The molecule has 55 heavy (non-hydrogen) atoms. The average molecular weight is 700 g/mol. The Kier molecular flexibility index (Phi) is 6.61. The van der Waals surface area contributed by atoms with E-state index in [4.69, 9.17) is 0 Å². The minimum absolute atomic E-state index is 0.580. The molecular weight excluding hydrogens is 671 g/mol. The van der Waals surface area contributed by atoms with Crippen molar-refractivity contribution in [1.82, 2.24) is 13.7 Å². The third-order valence-corrected chi connectivity index (χ3v) is 11.1. The topological polar surface area (TPSA) is 62.4 Å². The van der Waals surface area contributed by atoms with E-state index in [0.29, 0.717) is 11.1 Å². The Balaban J connectivity index is 1.22. The molecule has 0 atom stereocenters. The summed E-state index contributed by atoms with van der Waals surface area (Å²) in [4.78, 5) is 0. The number of hydrogen-bond acceptors (Lipinski definition) is 2. The molecule has 254 valence electrons. The van der Waals surface area contributed by atoms with Crippen LogP contribution in [0, 0.1) is 22.7 Å². The Hall–Kier alpha value is -7.86. The quantitative estimate of drug-likeness (QED) is 0.184. The summed E-state index contributed by atoms with van der Waals surface area (Å²) in [6.07, 6.45) is 0. The first kappa shape index (κ1) is 30.7. The summed E-state index contributed by atoms with van der Waals surface area (Å²) in [5, 5.41) is 27.5. The van der Waals surface area contributed by atoms with Crippen LogP contribution in [-0.4, -0.2) is 13.7 Å². The van der Waals surface area contributed by atoms with Gasteiger partial charge in [0, 0.05) is 37.9 Å². The van der Waals surface area contributed by atoms with Crippen molar-refractivity contribution in [3.05, 3.63) is 187 Å². The summed E-state index contributed by atoms with van der Waals surface area (Å²) < 4.78 is 6.92. The van der Waals surface area contributed by atoms with E-state index in [1.54, 1.807) is 0 Å². The lowest BCUT2D eigenvalue weighted by atomic mass is 10.00. The van der Waals surface area contributed by atoms with Gasteiger partial charge < -0.3 is 13.7 Å². The minimum Gasteiger partial charge on any atom is -0.309 e. The first-order valence-electron chi connectivity index (χ1n) is 18.3. The Morgan fingerprint density at radius 2 is 0.836 bits per heavy atom. The molecule has 5 heteroatoms. The van der Waals surface area contributed by atoms with Gasteiger partial charge in [-0.2, -0.15) is 10.5 Å². The van der Waals surface area contributed by atoms with Gasteiger partial charge in [-0.15, -0.1) is 0 Å². The van der Waals surface area contributed by atoms with Crippen LogP contribution in [0.5, 0.6) is 0 Å². The standard InChI is InChI=1S/C50H29N5/c51-30-33-28-27-32(35-14-1-6-20-41(35)53-45-24-10-5-18-40(45)49-34(31-52)13-11-25-46(49)53)29-48(33)55-44-23-9-4-17-38(44)39-19-12-26-47(50(39)55)54-42-21-7-2-15-36(42)37-16-3-8-22-43(37)54/h1-29H. The van der Waals surface area contributed by atoms with Crippen LogP contribution in [-0.2, 0) is 0 Å². The minimum atomic E-state index is 0.580. The van der Waals surface area contributed by atoms with E-state index in [1.165, 1.54) is 10.8 Å². The number of benzene rings is 8. The monoisotopic (exact) mass is 699 g/mol. The van der Waals surface area contributed by atoms with E-state index in [9.17, 15) is 10.5 Å². The van der Waals surface area contributed by atoms with Crippen molar-refractivity contribution in [2.24, 2.45) is 0 Å². The van der Waals surface area contributed by atoms with Gasteiger partial charge in [0.15, 0.2) is 0 Å². The van der Waals surface area contributed by atoms with E-state index in [0.717, 1.165) is 82.8 Å². The predicted molar refractivity (Wildman–Crippen MR) is 224 cm³/mol. The predicted octanol–water partition coefficient (Wildman–Crippen LogP) is 12.4. The first-order valence-corrected chi connectivity index (χ1v) is 18.3. The van der Waals surface area contributed by atoms with Crippen molar-refractivity contribution < 1.29 is 0 Å². The van der Waals surface area contributed by atoms with Crippen molar-refractivity contribution in [1.29, 1.82) is 10.5 Å². The second kappa shape index (κ2) is 11.8. The molecule has 0 saturated carbocycles. The fourth-order valence-corrected chi connectivity index (χ4v) is 8.88. The number of nitrogens with zero attached hydrogens (tertiary/aromatic N) is 5. The Bertz CT molecular complexity index is 3420. The number of fused-ring (bicyclic) bond motifs is 9. The third-order valence-electron chi connectivity index (χ3n) is 11.1. The fraction of sp³-hybridized carbons (Fsp3) is 0. The summed E-state index contributed by atoms with van der Waals surface area (Å²) in [6.45, 7) is 0. The average Bonchev–Trinajstić information content (AvgIpc) is 3.89. The first-order chi connectivity index (χ1) is 27.2. The molecule has 0 unspecified atom stereocenters. The Morgan fingerprint density at radius 1 is 0.345 bits per heavy atom. The van der Waals surface area contributed by atoms with E-state index in [1.807, 2.05) is 30.3 Å². The van der Waals surface area contributed by atoms with Crippen LogP contribution >= 0.6 is 0 Å². The van der Waals surface area contributed by atoms with Crippen molar-refractivity contribution in [3.8, 4) is 40.3 Å². The molecule has 3 heterocycles. The van der Waals surface area contributed by atoms with E-state index >= 15 is 0 Å². The lowest BCUT2D eigenvalue weighted by Crippen LogP contribution is -2.03. The van der Waals surface area contributed by atoms with Gasteiger partial charge in [-0.05, 0) is 66.2 Å². The van der Waals surface area contributed by atoms with Crippen LogP contribution in [0.4, 0.5) is 0 Å². The maximum atomic E-state index is 10.8. The van der Waals surface area contributed by atoms with Crippen LogP contribution in [0.2, 0.25) is 0 Å². The molecule has 5 nitrogen and oxygen atoms in total. The van der Waals surface area contributed by atoms with E-state index in [2.05, 4.69) is 171 Å². The van der Waals surface area contributed by atoms with Crippen LogP contribution in [0.3, 0.4) is 0 Å². The summed E-state index contributed by atoms with van der Waals surface area (Å²) >= 11 is 0. The number of aromatic nitrogens is 3. The summed E-state index contributed by atoms with van der Waals surface area (Å²) in [7, 11) is 0. The van der Waals surface area contributed by atoms with Crippen LogP contribution in [0.25, 0.3) is 93.6 Å². The zero-order valence-corrected chi connectivity index (χ0v) is 29.5. The zero-order valence-electron chi connectivity index (χ0n) is 29.5. The summed E-state index contributed by atoms with van der Waals surface area (Å²) in [5.41, 5.74) is 12.4. The van der Waals surface area contributed by atoms with Crippen LogP contribution in [0.15, 0.2) is 176 Å². The molecule has 8 aromatic carbocycles. The van der Waals surface area contributed by atoms with Gasteiger partial charge in [0.25, 0.3) is 0 Å². The smallest absolute Gasteiger partial charge is 0.101 e. The molecule has 0 aliphatic rings. The molecule has 0 spiro atoms. The zero-order chi connectivity index (χ0) is 36.6. The Labute approximate surface area is 316 Å². The van der Waals surface area contributed by atoms with Crippen LogP contribution in [0.1, 0.15) is 11.1 Å². The molecule has 11 rings (SSSR count). The number of rotatable bonds is 4.